The van der Waals surface area contributed by atoms with E-state index in [0.717, 1.165) is 18.2 Å². The molecule has 0 aliphatic rings. The molecule has 7 heteroatoms. The van der Waals surface area contributed by atoms with Crippen molar-refractivity contribution in [1.29, 1.82) is 0 Å². The van der Waals surface area contributed by atoms with Crippen LogP contribution in [0.25, 0.3) is 0 Å². The van der Waals surface area contributed by atoms with Crippen molar-refractivity contribution in [1.82, 2.24) is 0 Å². The summed E-state index contributed by atoms with van der Waals surface area (Å²) in [5.74, 6) is -0.577. The van der Waals surface area contributed by atoms with Crippen LogP contribution in [0.3, 0.4) is 0 Å². The highest BCUT2D eigenvalue weighted by Crippen LogP contribution is 2.26. The number of halogens is 4. The van der Waals surface area contributed by atoms with Crippen molar-refractivity contribution in [3.05, 3.63) is 23.8 Å². The number of alkyl halides is 3. The van der Waals surface area contributed by atoms with Gasteiger partial charge in [-0.25, -0.2) is 0 Å². The van der Waals surface area contributed by atoms with Crippen LogP contribution in [0.15, 0.2) is 18.2 Å². The first-order chi connectivity index (χ1) is 6.78. The van der Waals surface area contributed by atoms with Crippen LogP contribution < -0.4 is 10.5 Å². The highest BCUT2D eigenvalue weighted by molar-refractivity contribution is 6.67. The molecular formula is C8H5ClF3NO2. The lowest BCUT2D eigenvalue weighted by Crippen LogP contribution is -2.17. The van der Waals surface area contributed by atoms with E-state index in [4.69, 9.17) is 17.3 Å². The third-order valence-corrected chi connectivity index (χ3v) is 1.61. The first kappa shape index (κ1) is 11.6. The van der Waals surface area contributed by atoms with Gasteiger partial charge in [-0.05, 0) is 23.7 Å². The summed E-state index contributed by atoms with van der Waals surface area (Å²) in [5, 5.41) is -0.908. The molecule has 0 aromatic heterocycles. The smallest absolute Gasteiger partial charge is 0.406 e. The van der Waals surface area contributed by atoms with E-state index >= 15 is 0 Å². The van der Waals surface area contributed by atoms with Crippen molar-refractivity contribution in [2.45, 2.75) is 6.36 Å². The Labute approximate surface area is 87.6 Å². The molecule has 3 nitrogen and oxygen atoms in total. The summed E-state index contributed by atoms with van der Waals surface area (Å²) in [6.07, 6.45) is -4.83. The standard InChI is InChI=1S/C8H5ClF3NO2/c9-7(14)4-1-5(13)3-6(2-4)15-8(10,11)12/h1-3H,13H2. The quantitative estimate of drug-likeness (QED) is 0.637. The predicted molar refractivity (Wildman–Crippen MR) is 47.7 cm³/mol. The first-order valence-corrected chi connectivity index (χ1v) is 4.02. The molecular weight excluding hydrogens is 235 g/mol. The second-order valence-electron chi connectivity index (χ2n) is 2.61. The minimum absolute atomic E-state index is 0.0410. The van der Waals surface area contributed by atoms with Crippen LogP contribution >= 0.6 is 11.6 Å². The number of hydrogen-bond acceptors (Lipinski definition) is 3. The number of ether oxygens (including phenoxy) is 1. The van der Waals surface area contributed by atoms with Crippen LogP contribution in [0.2, 0.25) is 0 Å². The van der Waals surface area contributed by atoms with Crippen molar-refractivity contribution in [3.8, 4) is 5.75 Å². The molecule has 15 heavy (non-hydrogen) atoms. The Balaban J connectivity index is 3.04. The second kappa shape index (κ2) is 3.98. The van der Waals surface area contributed by atoms with Crippen molar-refractivity contribution >= 4 is 22.5 Å². The van der Waals surface area contributed by atoms with Crippen LogP contribution in [-0.4, -0.2) is 11.6 Å². The van der Waals surface area contributed by atoms with Crippen molar-refractivity contribution in [2.75, 3.05) is 5.73 Å². The number of carbonyl (C=O) groups is 1. The Kier molecular flexibility index (Phi) is 3.09. The van der Waals surface area contributed by atoms with E-state index in [-0.39, 0.29) is 11.3 Å². The minimum Gasteiger partial charge on any atom is -0.406 e. The van der Waals surface area contributed by atoms with Crippen LogP contribution in [-0.2, 0) is 0 Å². The number of nitrogens with two attached hydrogens (primary N) is 1. The molecule has 1 aromatic rings. The number of benzene rings is 1. The molecule has 1 rings (SSSR count). The van der Waals surface area contributed by atoms with E-state index < -0.39 is 17.4 Å². The zero-order chi connectivity index (χ0) is 11.6. The van der Waals surface area contributed by atoms with Crippen LogP contribution in [0.4, 0.5) is 18.9 Å². The molecule has 0 atom stereocenters. The largest absolute Gasteiger partial charge is 0.573 e. The molecule has 0 fully saturated rings. The summed E-state index contributed by atoms with van der Waals surface area (Å²) in [6.45, 7) is 0. The van der Waals surface area contributed by atoms with E-state index in [0.29, 0.717) is 0 Å². The van der Waals surface area contributed by atoms with Crippen molar-refractivity contribution < 1.29 is 22.7 Å². The topological polar surface area (TPSA) is 52.3 Å². The summed E-state index contributed by atoms with van der Waals surface area (Å²) in [5.41, 5.74) is 5.06. The summed E-state index contributed by atoms with van der Waals surface area (Å²) in [4.78, 5) is 10.7. The number of rotatable bonds is 2. The fourth-order valence-corrected chi connectivity index (χ4v) is 1.04. The molecule has 2 N–H and O–H groups in total. The van der Waals surface area contributed by atoms with Crippen LogP contribution in [0, 0.1) is 0 Å². The SMILES string of the molecule is Nc1cc(OC(F)(F)F)cc(C(=O)Cl)c1. The average Bonchev–Trinajstić information content (AvgIpc) is 1.99. The molecule has 0 aliphatic heterocycles. The maximum absolute atomic E-state index is 11.8. The van der Waals surface area contributed by atoms with Gasteiger partial charge in [0.1, 0.15) is 5.75 Å². The monoisotopic (exact) mass is 239 g/mol. The minimum atomic E-state index is -4.83. The first-order valence-electron chi connectivity index (χ1n) is 3.64. The van der Waals surface area contributed by atoms with Gasteiger partial charge in [-0.3, -0.25) is 4.79 Å². The van der Waals surface area contributed by atoms with Gasteiger partial charge in [-0.2, -0.15) is 0 Å². The molecule has 0 radical (unpaired) electrons. The third kappa shape index (κ3) is 3.67. The predicted octanol–water partition coefficient (Wildman–Crippen LogP) is 2.55. The zero-order valence-corrected chi connectivity index (χ0v) is 7.89. The van der Waals surface area contributed by atoms with Crippen molar-refractivity contribution in [2.24, 2.45) is 0 Å². The van der Waals surface area contributed by atoms with E-state index in [2.05, 4.69) is 4.74 Å². The maximum atomic E-state index is 11.8. The molecule has 0 saturated carbocycles. The van der Waals surface area contributed by atoms with Crippen LogP contribution in [0.1, 0.15) is 10.4 Å². The van der Waals surface area contributed by atoms with E-state index in [1.165, 1.54) is 0 Å². The summed E-state index contributed by atoms with van der Waals surface area (Å²) in [6, 6.07) is 2.95. The average molecular weight is 240 g/mol. The van der Waals surface area contributed by atoms with Gasteiger partial charge in [0, 0.05) is 17.3 Å². The van der Waals surface area contributed by atoms with Gasteiger partial charge in [0.15, 0.2) is 0 Å². The number of hydrogen-bond donors (Lipinski definition) is 1. The Morgan fingerprint density at radius 3 is 2.40 bits per heavy atom. The Morgan fingerprint density at radius 2 is 1.93 bits per heavy atom. The lowest BCUT2D eigenvalue weighted by Gasteiger charge is -2.09. The Hall–Kier alpha value is -1.43. The molecule has 0 bridgehead atoms. The third-order valence-electron chi connectivity index (χ3n) is 1.39. The molecule has 0 amide bonds. The van der Waals surface area contributed by atoms with Gasteiger partial charge < -0.3 is 10.5 Å². The normalized spacial score (nSPS) is 11.2. The lowest BCUT2D eigenvalue weighted by molar-refractivity contribution is -0.274. The molecule has 82 valence electrons. The molecule has 1 aromatic carbocycles. The fraction of sp³-hybridized carbons (Fsp3) is 0.125. The Morgan fingerprint density at radius 1 is 1.33 bits per heavy atom. The van der Waals surface area contributed by atoms with Gasteiger partial charge >= 0.3 is 6.36 Å². The summed E-state index contributed by atoms with van der Waals surface area (Å²) >= 11 is 5.09. The highest BCUT2D eigenvalue weighted by atomic mass is 35.5. The highest BCUT2D eigenvalue weighted by Gasteiger charge is 2.31. The molecule has 0 aliphatic carbocycles. The number of anilines is 1. The van der Waals surface area contributed by atoms with Crippen molar-refractivity contribution in [3.63, 3.8) is 0 Å². The second-order valence-corrected chi connectivity index (χ2v) is 2.96. The fourth-order valence-electron chi connectivity index (χ4n) is 0.928. The Bertz CT molecular complexity index is 392. The van der Waals surface area contributed by atoms with E-state index in [1.54, 1.807) is 0 Å². The molecule has 0 unspecified atom stereocenters. The zero-order valence-electron chi connectivity index (χ0n) is 7.14. The lowest BCUT2D eigenvalue weighted by atomic mass is 10.2. The van der Waals surface area contributed by atoms with Gasteiger partial charge in [0.2, 0.25) is 0 Å². The molecule has 0 spiro atoms. The van der Waals surface area contributed by atoms with Gasteiger partial charge in [0.05, 0.1) is 0 Å². The maximum Gasteiger partial charge on any atom is 0.573 e. The van der Waals surface area contributed by atoms with Gasteiger partial charge in [-0.1, -0.05) is 0 Å². The number of nitrogen functional groups attached to an aromatic ring is 1. The summed E-state index contributed by atoms with van der Waals surface area (Å²) in [7, 11) is 0. The van der Waals surface area contributed by atoms with Gasteiger partial charge in [-0.15, -0.1) is 13.2 Å². The number of carbonyl (C=O) groups excluding carboxylic acids is 1. The summed E-state index contributed by atoms with van der Waals surface area (Å²) < 4.78 is 39.1. The molecule has 0 heterocycles. The van der Waals surface area contributed by atoms with E-state index in [9.17, 15) is 18.0 Å². The van der Waals surface area contributed by atoms with Gasteiger partial charge in [0.25, 0.3) is 5.24 Å². The molecule has 0 saturated heterocycles. The van der Waals surface area contributed by atoms with E-state index in [1.807, 2.05) is 0 Å². The van der Waals surface area contributed by atoms with Crippen LogP contribution in [0.5, 0.6) is 5.75 Å².